The molecule has 0 fully saturated rings. The Bertz CT molecular complexity index is 371. The number of aliphatic carboxylic acids is 1. The van der Waals surface area contributed by atoms with Crippen LogP contribution in [0, 0.1) is 5.92 Å². The predicted molar refractivity (Wildman–Crippen MR) is 73.6 cm³/mol. The van der Waals surface area contributed by atoms with Gasteiger partial charge >= 0.3 is 5.97 Å². The van der Waals surface area contributed by atoms with Crippen molar-refractivity contribution in [3.8, 4) is 0 Å². The maximum absolute atomic E-state index is 10.5. The van der Waals surface area contributed by atoms with E-state index in [1.54, 1.807) is 0 Å². The van der Waals surface area contributed by atoms with Crippen LogP contribution in [0.3, 0.4) is 0 Å². The quantitative estimate of drug-likeness (QED) is 0.807. The zero-order chi connectivity index (χ0) is 13.5. The van der Waals surface area contributed by atoms with Crippen molar-refractivity contribution in [3.05, 3.63) is 35.4 Å². The molecular weight excluding hydrogens is 226 g/mol. The summed E-state index contributed by atoms with van der Waals surface area (Å²) >= 11 is 0. The number of rotatable bonds is 7. The van der Waals surface area contributed by atoms with Gasteiger partial charge in [-0.3, -0.25) is 4.79 Å². The zero-order valence-electron chi connectivity index (χ0n) is 11.5. The molecule has 0 saturated heterocycles. The van der Waals surface area contributed by atoms with Gasteiger partial charge in [0.05, 0.1) is 6.42 Å². The number of benzene rings is 1. The standard InChI is InChI=1S/C15H23NO2/c1-12(2)10-13-4-6-14(7-5-13)11-16(3)9-8-15(17)18/h4-7,12H,8-11H2,1-3H3,(H,17,18). The first-order chi connectivity index (χ1) is 8.47. The molecular formula is C15H23NO2. The fraction of sp³-hybridized carbons (Fsp3) is 0.533. The first-order valence-electron chi connectivity index (χ1n) is 6.45. The topological polar surface area (TPSA) is 40.5 Å². The number of nitrogens with zero attached hydrogens (tertiary/aromatic N) is 1. The van der Waals surface area contributed by atoms with E-state index in [9.17, 15) is 4.79 Å². The van der Waals surface area contributed by atoms with Gasteiger partial charge in [-0.05, 0) is 30.5 Å². The number of hydrogen-bond donors (Lipinski definition) is 1. The fourth-order valence-corrected chi connectivity index (χ4v) is 1.93. The van der Waals surface area contributed by atoms with Gasteiger partial charge in [-0.1, -0.05) is 38.1 Å². The number of carbonyl (C=O) groups is 1. The third kappa shape index (κ3) is 5.82. The zero-order valence-corrected chi connectivity index (χ0v) is 11.5. The fourth-order valence-electron chi connectivity index (χ4n) is 1.93. The summed E-state index contributed by atoms with van der Waals surface area (Å²) in [6.07, 6.45) is 1.30. The van der Waals surface area contributed by atoms with Gasteiger partial charge < -0.3 is 10.0 Å². The molecule has 0 heterocycles. The molecule has 0 aliphatic carbocycles. The summed E-state index contributed by atoms with van der Waals surface area (Å²) < 4.78 is 0. The van der Waals surface area contributed by atoms with Crippen molar-refractivity contribution in [2.75, 3.05) is 13.6 Å². The van der Waals surface area contributed by atoms with Gasteiger partial charge in [0.25, 0.3) is 0 Å². The first-order valence-corrected chi connectivity index (χ1v) is 6.45. The summed E-state index contributed by atoms with van der Waals surface area (Å²) in [5.74, 6) is -0.0665. The predicted octanol–water partition coefficient (Wildman–Crippen LogP) is 2.79. The van der Waals surface area contributed by atoms with E-state index in [2.05, 4.69) is 38.1 Å². The van der Waals surface area contributed by atoms with Gasteiger partial charge in [0.2, 0.25) is 0 Å². The Kier molecular flexibility index (Phi) is 5.86. The van der Waals surface area contributed by atoms with Gasteiger partial charge in [0.15, 0.2) is 0 Å². The second-order valence-corrected chi connectivity index (χ2v) is 5.30. The molecule has 3 nitrogen and oxygen atoms in total. The van der Waals surface area contributed by atoms with Gasteiger partial charge in [0.1, 0.15) is 0 Å². The highest BCUT2D eigenvalue weighted by molar-refractivity contribution is 5.66. The highest BCUT2D eigenvalue weighted by atomic mass is 16.4. The van der Waals surface area contributed by atoms with E-state index in [-0.39, 0.29) is 6.42 Å². The van der Waals surface area contributed by atoms with Crippen LogP contribution in [0.5, 0.6) is 0 Å². The highest BCUT2D eigenvalue weighted by Gasteiger charge is 2.04. The molecule has 1 aromatic carbocycles. The lowest BCUT2D eigenvalue weighted by Crippen LogP contribution is -2.21. The Hall–Kier alpha value is -1.35. The van der Waals surface area contributed by atoms with Crippen LogP contribution in [-0.4, -0.2) is 29.6 Å². The first kappa shape index (κ1) is 14.7. The molecule has 0 spiro atoms. The largest absolute Gasteiger partial charge is 0.481 e. The van der Waals surface area contributed by atoms with Crippen LogP contribution in [0.15, 0.2) is 24.3 Å². The average Bonchev–Trinajstić information content (AvgIpc) is 2.28. The lowest BCUT2D eigenvalue weighted by molar-refractivity contribution is -0.137. The minimum atomic E-state index is -0.742. The van der Waals surface area contributed by atoms with Crippen molar-refractivity contribution in [1.29, 1.82) is 0 Å². The van der Waals surface area contributed by atoms with Crippen LogP contribution in [0.4, 0.5) is 0 Å². The average molecular weight is 249 g/mol. The molecule has 0 unspecified atom stereocenters. The van der Waals surface area contributed by atoms with Crippen molar-refractivity contribution in [1.82, 2.24) is 4.90 Å². The van der Waals surface area contributed by atoms with E-state index in [0.717, 1.165) is 13.0 Å². The lowest BCUT2D eigenvalue weighted by atomic mass is 10.0. The maximum atomic E-state index is 10.5. The number of carboxylic acids is 1. The number of hydrogen-bond acceptors (Lipinski definition) is 2. The maximum Gasteiger partial charge on any atom is 0.304 e. The molecule has 18 heavy (non-hydrogen) atoms. The molecule has 1 aromatic rings. The normalized spacial score (nSPS) is 11.2. The van der Waals surface area contributed by atoms with E-state index in [1.165, 1.54) is 11.1 Å². The molecule has 0 amide bonds. The van der Waals surface area contributed by atoms with E-state index in [4.69, 9.17) is 5.11 Å². The van der Waals surface area contributed by atoms with Gasteiger partial charge in [-0.2, -0.15) is 0 Å². The second kappa shape index (κ2) is 7.17. The Morgan fingerprint density at radius 2 is 1.78 bits per heavy atom. The molecule has 1 rings (SSSR count). The van der Waals surface area contributed by atoms with Crippen LogP contribution >= 0.6 is 0 Å². The number of carboxylic acid groups (broad SMARTS) is 1. The monoisotopic (exact) mass is 249 g/mol. The van der Waals surface area contributed by atoms with Gasteiger partial charge in [-0.25, -0.2) is 0 Å². The van der Waals surface area contributed by atoms with Crippen LogP contribution in [0.25, 0.3) is 0 Å². The van der Waals surface area contributed by atoms with Crippen molar-refractivity contribution in [2.45, 2.75) is 33.2 Å². The molecule has 100 valence electrons. The molecule has 0 radical (unpaired) electrons. The molecule has 0 bridgehead atoms. The van der Waals surface area contributed by atoms with Crippen LogP contribution in [0.1, 0.15) is 31.4 Å². The molecule has 0 aliphatic rings. The third-order valence-corrected chi connectivity index (χ3v) is 2.83. The van der Waals surface area contributed by atoms with Crippen molar-refractivity contribution in [2.24, 2.45) is 5.92 Å². The van der Waals surface area contributed by atoms with E-state index < -0.39 is 5.97 Å². The van der Waals surface area contributed by atoms with Crippen LogP contribution < -0.4 is 0 Å². The highest BCUT2D eigenvalue weighted by Crippen LogP contribution is 2.11. The van der Waals surface area contributed by atoms with Crippen molar-refractivity contribution >= 4 is 5.97 Å². The van der Waals surface area contributed by atoms with Gasteiger partial charge in [-0.15, -0.1) is 0 Å². The molecule has 0 aliphatic heterocycles. The SMILES string of the molecule is CC(C)Cc1ccc(CN(C)CCC(=O)O)cc1. The van der Waals surface area contributed by atoms with Crippen molar-refractivity contribution < 1.29 is 9.90 Å². The molecule has 0 saturated carbocycles. The smallest absolute Gasteiger partial charge is 0.304 e. The minimum absolute atomic E-state index is 0.196. The summed E-state index contributed by atoms with van der Waals surface area (Å²) in [6, 6.07) is 8.60. The second-order valence-electron chi connectivity index (χ2n) is 5.30. The summed E-state index contributed by atoms with van der Waals surface area (Å²) in [7, 11) is 1.95. The summed E-state index contributed by atoms with van der Waals surface area (Å²) in [5.41, 5.74) is 2.59. The summed E-state index contributed by atoms with van der Waals surface area (Å²) in [4.78, 5) is 12.5. The Morgan fingerprint density at radius 1 is 1.22 bits per heavy atom. The summed E-state index contributed by atoms with van der Waals surface area (Å²) in [5, 5.41) is 8.62. The molecule has 1 N–H and O–H groups in total. The van der Waals surface area contributed by atoms with Crippen molar-refractivity contribution in [3.63, 3.8) is 0 Å². The third-order valence-electron chi connectivity index (χ3n) is 2.83. The van der Waals surface area contributed by atoms with Crippen LogP contribution in [0.2, 0.25) is 0 Å². The van der Waals surface area contributed by atoms with Gasteiger partial charge in [0, 0.05) is 13.1 Å². The van der Waals surface area contributed by atoms with Crippen LogP contribution in [-0.2, 0) is 17.8 Å². The van der Waals surface area contributed by atoms with E-state index in [0.29, 0.717) is 12.5 Å². The Labute approximate surface area is 109 Å². The van der Waals surface area contributed by atoms with E-state index >= 15 is 0 Å². The summed E-state index contributed by atoms with van der Waals surface area (Å²) in [6.45, 7) is 5.82. The molecule has 3 heteroatoms. The Morgan fingerprint density at radius 3 is 2.28 bits per heavy atom. The Balaban J connectivity index is 2.45. The minimum Gasteiger partial charge on any atom is -0.481 e. The van der Waals surface area contributed by atoms with E-state index in [1.807, 2.05) is 11.9 Å². The molecule has 0 atom stereocenters. The molecule has 0 aromatic heterocycles. The lowest BCUT2D eigenvalue weighted by Gasteiger charge is -2.15.